The number of hydrogen-bond acceptors (Lipinski definition) is 2. The van der Waals surface area contributed by atoms with Gasteiger partial charge in [-0.15, -0.1) is 0 Å². The number of nitrogens with zero attached hydrogens (tertiary/aromatic N) is 2. The molecule has 0 bridgehead atoms. The fraction of sp³-hybridized carbons (Fsp3) is 0.357. The molecule has 0 saturated carbocycles. The number of rotatable bonds is 4. The summed E-state index contributed by atoms with van der Waals surface area (Å²) >= 11 is 7.17. The maximum absolute atomic E-state index is 4.50. The van der Waals surface area contributed by atoms with Crippen molar-refractivity contribution in [3.05, 3.63) is 44.1 Å². The Morgan fingerprint density at radius 2 is 2.00 bits per heavy atom. The highest BCUT2D eigenvalue weighted by molar-refractivity contribution is 9.10. The van der Waals surface area contributed by atoms with E-state index in [0.717, 1.165) is 33.4 Å². The van der Waals surface area contributed by atoms with E-state index >= 15 is 0 Å². The highest BCUT2D eigenvalue weighted by atomic mass is 79.9. The van der Waals surface area contributed by atoms with Crippen LogP contribution in [0, 0.1) is 13.8 Å². The summed E-state index contributed by atoms with van der Waals surface area (Å²) in [6.45, 7) is 7.86. The van der Waals surface area contributed by atoms with Gasteiger partial charge in [0, 0.05) is 16.7 Å². The van der Waals surface area contributed by atoms with Gasteiger partial charge in [-0.2, -0.15) is 5.10 Å². The van der Waals surface area contributed by atoms with Crippen molar-refractivity contribution in [1.29, 1.82) is 0 Å². The topological polar surface area (TPSA) is 29.9 Å². The van der Waals surface area contributed by atoms with Crippen molar-refractivity contribution < 1.29 is 0 Å². The van der Waals surface area contributed by atoms with Crippen LogP contribution in [-0.2, 0) is 13.1 Å². The highest BCUT2D eigenvalue weighted by Gasteiger charge is 2.12. The van der Waals surface area contributed by atoms with Crippen molar-refractivity contribution in [1.82, 2.24) is 9.78 Å². The first kappa shape index (κ1) is 14.6. The summed E-state index contributed by atoms with van der Waals surface area (Å²) in [7, 11) is 0. The third kappa shape index (κ3) is 3.03. The maximum Gasteiger partial charge on any atom is 0.0739 e. The summed E-state index contributed by atoms with van der Waals surface area (Å²) in [5.74, 6) is 0. The Balaban J connectivity index is 2.21. The third-order valence-corrected chi connectivity index (χ3v) is 5.06. The van der Waals surface area contributed by atoms with Crippen LogP contribution in [0.1, 0.15) is 23.9 Å². The summed E-state index contributed by atoms with van der Waals surface area (Å²) < 4.78 is 4.24. The van der Waals surface area contributed by atoms with E-state index in [1.807, 2.05) is 17.7 Å². The number of nitrogens with one attached hydrogen (secondary N) is 1. The second-order valence-electron chi connectivity index (χ2n) is 4.43. The molecule has 0 aliphatic carbocycles. The Hall–Kier alpha value is -0.810. The fourth-order valence-electron chi connectivity index (χ4n) is 2.02. The molecule has 2 aromatic rings. The number of benzene rings is 1. The van der Waals surface area contributed by atoms with Crippen LogP contribution < -0.4 is 5.32 Å². The average Bonchev–Trinajstić information content (AvgIpc) is 2.67. The zero-order valence-corrected chi connectivity index (χ0v) is 14.5. The lowest BCUT2D eigenvalue weighted by Crippen LogP contribution is -2.09. The summed E-state index contributed by atoms with van der Waals surface area (Å²) in [4.78, 5) is 0. The number of hydrogen-bond donors (Lipinski definition) is 1. The number of aryl methyl sites for hydroxylation is 2. The lowest BCUT2D eigenvalue weighted by molar-refractivity contribution is 0.622. The van der Waals surface area contributed by atoms with Crippen molar-refractivity contribution in [2.45, 2.75) is 33.9 Å². The van der Waals surface area contributed by atoms with Crippen molar-refractivity contribution in [2.24, 2.45) is 0 Å². The Morgan fingerprint density at radius 1 is 1.26 bits per heavy atom. The predicted molar refractivity (Wildman–Crippen MR) is 86.5 cm³/mol. The number of aromatic nitrogens is 2. The smallest absolute Gasteiger partial charge is 0.0739 e. The zero-order chi connectivity index (χ0) is 14.0. The van der Waals surface area contributed by atoms with Crippen LogP contribution in [0.3, 0.4) is 0 Å². The van der Waals surface area contributed by atoms with Gasteiger partial charge in [-0.25, -0.2) is 0 Å². The standard InChI is InChI=1S/C14H17Br2N3/c1-4-19-13(14(16)10(3)18-19)8-17-12-7-5-6-11(15)9(12)2/h5-7,17H,4,8H2,1-3H3. The molecule has 0 amide bonds. The van der Waals surface area contributed by atoms with E-state index in [4.69, 9.17) is 0 Å². The lowest BCUT2D eigenvalue weighted by atomic mass is 10.2. The molecule has 19 heavy (non-hydrogen) atoms. The molecule has 0 radical (unpaired) electrons. The Morgan fingerprint density at radius 3 is 2.68 bits per heavy atom. The molecule has 0 aliphatic heterocycles. The quantitative estimate of drug-likeness (QED) is 0.828. The van der Waals surface area contributed by atoms with Crippen LogP contribution in [0.5, 0.6) is 0 Å². The van der Waals surface area contributed by atoms with Gasteiger partial charge >= 0.3 is 0 Å². The van der Waals surface area contributed by atoms with E-state index in [2.05, 4.69) is 68.3 Å². The summed E-state index contributed by atoms with van der Waals surface area (Å²) in [5.41, 5.74) is 4.57. The van der Waals surface area contributed by atoms with E-state index < -0.39 is 0 Å². The normalized spacial score (nSPS) is 10.8. The summed E-state index contributed by atoms with van der Waals surface area (Å²) in [6, 6.07) is 6.18. The second-order valence-corrected chi connectivity index (χ2v) is 6.08. The van der Waals surface area contributed by atoms with Gasteiger partial charge < -0.3 is 5.32 Å². The van der Waals surface area contributed by atoms with Gasteiger partial charge in [-0.05, 0) is 54.4 Å². The molecule has 1 N–H and O–H groups in total. The monoisotopic (exact) mass is 385 g/mol. The molecule has 0 fully saturated rings. The molecule has 1 aromatic heterocycles. The Bertz CT molecular complexity index is 591. The lowest BCUT2D eigenvalue weighted by Gasteiger charge is -2.12. The van der Waals surface area contributed by atoms with Crippen molar-refractivity contribution >= 4 is 37.5 Å². The van der Waals surface area contributed by atoms with Crippen LogP contribution in [0.2, 0.25) is 0 Å². The van der Waals surface area contributed by atoms with Gasteiger partial charge in [0.25, 0.3) is 0 Å². The van der Waals surface area contributed by atoms with E-state index in [1.54, 1.807) is 0 Å². The Kier molecular flexibility index (Phi) is 4.68. The molecular formula is C14H17Br2N3. The second kappa shape index (κ2) is 6.09. The minimum Gasteiger partial charge on any atom is -0.379 e. The van der Waals surface area contributed by atoms with E-state index in [1.165, 1.54) is 11.3 Å². The molecule has 3 nitrogen and oxygen atoms in total. The van der Waals surface area contributed by atoms with Gasteiger partial charge in [0.15, 0.2) is 0 Å². The van der Waals surface area contributed by atoms with Crippen LogP contribution in [-0.4, -0.2) is 9.78 Å². The third-order valence-electron chi connectivity index (χ3n) is 3.17. The number of halogens is 2. The molecule has 0 unspecified atom stereocenters. The molecule has 0 atom stereocenters. The van der Waals surface area contributed by atoms with Crippen molar-refractivity contribution in [2.75, 3.05) is 5.32 Å². The highest BCUT2D eigenvalue weighted by Crippen LogP contribution is 2.26. The van der Waals surface area contributed by atoms with E-state index in [9.17, 15) is 0 Å². The first-order valence-corrected chi connectivity index (χ1v) is 7.84. The van der Waals surface area contributed by atoms with Crippen molar-refractivity contribution in [3.63, 3.8) is 0 Å². The molecule has 102 valence electrons. The molecular weight excluding hydrogens is 370 g/mol. The van der Waals surface area contributed by atoms with Gasteiger partial charge in [-0.3, -0.25) is 4.68 Å². The van der Waals surface area contributed by atoms with Crippen LogP contribution in [0.15, 0.2) is 27.1 Å². The molecule has 1 heterocycles. The predicted octanol–water partition coefficient (Wildman–Crippen LogP) is 4.66. The largest absolute Gasteiger partial charge is 0.379 e. The maximum atomic E-state index is 4.50. The minimum atomic E-state index is 0.757. The van der Waals surface area contributed by atoms with Crippen LogP contribution in [0.25, 0.3) is 0 Å². The summed E-state index contributed by atoms with van der Waals surface area (Å²) in [6.07, 6.45) is 0. The van der Waals surface area contributed by atoms with Gasteiger partial charge in [-0.1, -0.05) is 22.0 Å². The van der Waals surface area contributed by atoms with Crippen LogP contribution in [0.4, 0.5) is 5.69 Å². The van der Waals surface area contributed by atoms with E-state index in [-0.39, 0.29) is 0 Å². The molecule has 0 saturated heterocycles. The summed E-state index contributed by atoms with van der Waals surface area (Å²) in [5, 5.41) is 7.98. The van der Waals surface area contributed by atoms with Crippen LogP contribution >= 0.6 is 31.9 Å². The van der Waals surface area contributed by atoms with Crippen molar-refractivity contribution in [3.8, 4) is 0 Å². The Labute approximate surface area is 130 Å². The fourth-order valence-corrected chi connectivity index (χ4v) is 2.81. The average molecular weight is 387 g/mol. The SMILES string of the molecule is CCn1nc(C)c(Br)c1CNc1cccc(Br)c1C. The zero-order valence-electron chi connectivity index (χ0n) is 11.3. The van der Waals surface area contributed by atoms with Gasteiger partial charge in [0.1, 0.15) is 0 Å². The number of anilines is 1. The molecule has 5 heteroatoms. The first-order valence-electron chi connectivity index (χ1n) is 6.25. The molecule has 1 aromatic carbocycles. The van der Waals surface area contributed by atoms with Gasteiger partial charge in [0.05, 0.1) is 22.4 Å². The molecule has 0 spiro atoms. The van der Waals surface area contributed by atoms with E-state index in [0.29, 0.717) is 0 Å². The molecule has 0 aliphatic rings. The molecule has 2 rings (SSSR count). The first-order chi connectivity index (χ1) is 9.04. The minimum absolute atomic E-state index is 0.757. The van der Waals surface area contributed by atoms with Gasteiger partial charge in [0.2, 0.25) is 0 Å².